The van der Waals surface area contributed by atoms with Crippen LogP contribution >= 0.6 is 0 Å². The van der Waals surface area contributed by atoms with Crippen molar-refractivity contribution < 1.29 is 13.2 Å². The highest BCUT2D eigenvalue weighted by molar-refractivity contribution is 7.91. The van der Waals surface area contributed by atoms with E-state index in [0.717, 1.165) is 32.6 Å². The third-order valence-electron chi connectivity index (χ3n) is 3.98. The Hall–Kier alpha value is -0.170. The fourth-order valence-electron chi connectivity index (χ4n) is 2.61. The molecule has 5 nitrogen and oxygen atoms in total. The second-order valence-electron chi connectivity index (χ2n) is 5.24. The van der Waals surface area contributed by atoms with Crippen molar-refractivity contribution in [3.8, 4) is 0 Å². The topological polar surface area (TPSA) is 72.6 Å². The van der Waals surface area contributed by atoms with Crippen molar-refractivity contribution in [3.05, 3.63) is 0 Å². The molecular weight excluding hydrogens is 240 g/mol. The SMILES string of the molecule is NCC1(CN2CCS(=O)(=O)CC2)CCOCC1. The van der Waals surface area contributed by atoms with Crippen LogP contribution in [0.15, 0.2) is 0 Å². The van der Waals surface area contributed by atoms with Crippen LogP contribution in [0.3, 0.4) is 0 Å². The lowest BCUT2D eigenvalue weighted by Gasteiger charge is -2.41. The predicted octanol–water partition coefficient (Wildman–Crippen LogP) is -0.528. The molecule has 0 aromatic carbocycles. The minimum absolute atomic E-state index is 0.138. The van der Waals surface area contributed by atoms with Crippen molar-refractivity contribution in [3.63, 3.8) is 0 Å². The Morgan fingerprint density at radius 3 is 2.29 bits per heavy atom. The van der Waals surface area contributed by atoms with Gasteiger partial charge in [0.1, 0.15) is 0 Å². The molecule has 6 heteroatoms. The summed E-state index contributed by atoms with van der Waals surface area (Å²) >= 11 is 0. The average Bonchev–Trinajstić information content (AvgIpc) is 2.33. The normalized spacial score (nSPS) is 29.0. The molecule has 2 saturated heterocycles. The first-order chi connectivity index (χ1) is 8.05. The van der Waals surface area contributed by atoms with Crippen LogP contribution in [-0.2, 0) is 14.6 Å². The minimum atomic E-state index is -2.78. The third-order valence-corrected chi connectivity index (χ3v) is 5.59. The molecule has 17 heavy (non-hydrogen) atoms. The van der Waals surface area contributed by atoms with Gasteiger partial charge in [-0.25, -0.2) is 8.42 Å². The van der Waals surface area contributed by atoms with Gasteiger partial charge in [0.05, 0.1) is 11.5 Å². The molecule has 0 aliphatic carbocycles. The second kappa shape index (κ2) is 5.22. The van der Waals surface area contributed by atoms with Gasteiger partial charge >= 0.3 is 0 Å². The molecule has 0 saturated carbocycles. The maximum absolute atomic E-state index is 11.4. The molecule has 2 aliphatic heterocycles. The monoisotopic (exact) mass is 262 g/mol. The van der Waals surface area contributed by atoms with Gasteiger partial charge in [0, 0.05) is 32.8 Å². The number of nitrogens with zero attached hydrogens (tertiary/aromatic N) is 1. The minimum Gasteiger partial charge on any atom is -0.381 e. The van der Waals surface area contributed by atoms with Gasteiger partial charge in [0.25, 0.3) is 0 Å². The molecule has 0 spiro atoms. The van der Waals surface area contributed by atoms with Gasteiger partial charge in [-0.15, -0.1) is 0 Å². The molecule has 0 aromatic rings. The lowest BCUT2D eigenvalue weighted by molar-refractivity contribution is 0.00114. The molecule has 0 atom stereocenters. The summed E-state index contributed by atoms with van der Waals surface area (Å²) in [6, 6.07) is 0. The predicted molar refractivity (Wildman–Crippen MR) is 66.6 cm³/mol. The third kappa shape index (κ3) is 3.40. The van der Waals surface area contributed by atoms with Crippen molar-refractivity contribution in [1.82, 2.24) is 4.90 Å². The van der Waals surface area contributed by atoms with E-state index in [-0.39, 0.29) is 5.41 Å². The van der Waals surface area contributed by atoms with Crippen LogP contribution in [-0.4, -0.2) is 64.2 Å². The van der Waals surface area contributed by atoms with Gasteiger partial charge in [0.2, 0.25) is 0 Å². The smallest absolute Gasteiger partial charge is 0.152 e. The molecular formula is C11H22N2O3S. The molecule has 2 fully saturated rings. The summed E-state index contributed by atoms with van der Waals surface area (Å²) in [6.07, 6.45) is 1.99. The Morgan fingerprint density at radius 2 is 1.76 bits per heavy atom. The summed E-state index contributed by atoms with van der Waals surface area (Å²) in [5.41, 5.74) is 6.05. The Balaban J connectivity index is 1.91. The number of ether oxygens (including phenoxy) is 1. The molecule has 0 aromatic heterocycles. The Bertz CT molecular complexity index is 336. The molecule has 0 radical (unpaired) electrons. The molecule has 0 amide bonds. The van der Waals surface area contributed by atoms with Crippen LogP contribution in [0.25, 0.3) is 0 Å². The van der Waals surface area contributed by atoms with Gasteiger partial charge < -0.3 is 15.4 Å². The first-order valence-corrected chi connectivity index (χ1v) is 8.08. The number of hydrogen-bond donors (Lipinski definition) is 1. The summed E-state index contributed by atoms with van der Waals surface area (Å²) in [5, 5.41) is 0. The Labute approximate surface area is 103 Å². The number of rotatable bonds is 3. The summed E-state index contributed by atoms with van der Waals surface area (Å²) in [5.74, 6) is 0.592. The van der Waals surface area contributed by atoms with Crippen LogP contribution in [0, 0.1) is 5.41 Å². The van der Waals surface area contributed by atoms with Gasteiger partial charge in [0.15, 0.2) is 9.84 Å². The second-order valence-corrected chi connectivity index (χ2v) is 7.55. The fourth-order valence-corrected chi connectivity index (χ4v) is 3.89. The highest BCUT2D eigenvalue weighted by Gasteiger charge is 2.34. The first kappa shape index (κ1) is 13.3. The molecule has 2 N–H and O–H groups in total. The van der Waals surface area contributed by atoms with E-state index in [2.05, 4.69) is 4.90 Å². The maximum atomic E-state index is 11.4. The summed E-state index contributed by atoms with van der Waals surface area (Å²) in [4.78, 5) is 2.25. The molecule has 0 unspecified atom stereocenters. The zero-order chi connectivity index (χ0) is 12.4. The van der Waals surface area contributed by atoms with E-state index in [4.69, 9.17) is 10.5 Å². The van der Waals surface area contributed by atoms with Crippen molar-refractivity contribution in [1.29, 1.82) is 0 Å². The van der Waals surface area contributed by atoms with Crippen LogP contribution in [0.1, 0.15) is 12.8 Å². The van der Waals surface area contributed by atoms with E-state index >= 15 is 0 Å². The van der Waals surface area contributed by atoms with Gasteiger partial charge in [-0.05, 0) is 24.8 Å². The van der Waals surface area contributed by atoms with E-state index in [1.165, 1.54) is 0 Å². The van der Waals surface area contributed by atoms with E-state index in [9.17, 15) is 8.42 Å². The highest BCUT2D eigenvalue weighted by atomic mass is 32.2. The quantitative estimate of drug-likeness (QED) is 0.740. The lowest BCUT2D eigenvalue weighted by Crippen LogP contribution is -2.50. The van der Waals surface area contributed by atoms with E-state index in [1.54, 1.807) is 0 Å². The molecule has 2 aliphatic rings. The van der Waals surface area contributed by atoms with Crippen LogP contribution in [0.5, 0.6) is 0 Å². The summed E-state index contributed by atoms with van der Waals surface area (Å²) in [7, 11) is -2.78. The number of sulfone groups is 1. The lowest BCUT2D eigenvalue weighted by atomic mass is 9.79. The molecule has 100 valence electrons. The van der Waals surface area contributed by atoms with Crippen molar-refractivity contribution in [2.45, 2.75) is 12.8 Å². The fraction of sp³-hybridized carbons (Fsp3) is 1.00. The van der Waals surface area contributed by atoms with Gasteiger partial charge in [-0.3, -0.25) is 0 Å². The molecule has 2 heterocycles. The molecule has 2 rings (SSSR count). The maximum Gasteiger partial charge on any atom is 0.152 e. The van der Waals surface area contributed by atoms with Crippen molar-refractivity contribution >= 4 is 9.84 Å². The zero-order valence-corrected chi connectivity index (χ0v) is 11.0. The summed E-state index contributed by atoms with van der Waals surface area (Å²) < 4.78 is 28.1. The van der Waals surface area contributed by atoms with Crippen molar-refractivity contribution in [2.24, 2.45) is 11.1 Å². The van der Waals surface area contributed by atoms with Crippen LogP contribution < -0.4 is 5.73 Å². The standard InChI is InChI=1S/C11H22N2O3S/c12-9-11(1-5-16-6-2-11)10-13-3-7-17(14,15)8-4-13/h1-10,12H2. The number of hydrogen-bond acceptors (Lipinski definition) is 5. The highest BCUT2D eigenvalue weighted by Crippen LogP contribution is 2.30. The summed E-state index contributed by atoms with van der Waals surface area (Å²) in [6.45, 7) is 4.46. The van der Waals surface area contributed by atoms with E-state index in [1.807, 2.05) is 0 Å². The van der Waals surface area contributed by atoms with Gasteiger partial charge in [-0.1, -0.05) is 0 Å². The van der Waals surface area contributed by atoms with Crippen LogP contribution in [0.2, 0.25) is 0 Å². The largest absolute Gasteiger partial charge is 0.381 e. The Morgan fingerprint density at radius 1 is 1.18 bits per heavy atom. The van der Waals surface area contributed by atoms with Gasteiger partial charge in [-0.2, -0.15) is 0 Å². The van der Waals surface area contributed by atoms with E-state index < -0.39 is 9.84 Å². The molecule has 0 bridgehead atoms. The van der Waals surface area contributed by atoms with Crippen molar-refractivity contribution in [2.75, 3.05) is 50.9 Å². The van der Waals surface area contributed by atoms with E-state index in [0.29, 0.717) is 31.1 Å². The zero-order valence-electron chi connectivity index (χ0n) is 10.2. The first-order valence-electron chi connectivity index (χ1n) is 6.26. The average molecular weight is 262 g/mol. The Kier molecular flexibility index (Phi) is 4.07. The van der Waals surface area contributed by atoms with Crippen LogP contribution in [0.4, 0.5) is 0 Å². The number of nitrogens with two attached hydrogens (primary N) is 1.